The Morgan fingerprint density at radius 3 is 3.06 bits per heavy atom. The highest BCUT2D eigenvalue weighted by atomic mass is 16.5. The van der Waals surface area contributed by atoms with E-state index in [4.69, 9.17) is 15.0 Å². The van der Waals surface area contributed by atoms with E-state index in [0.717, 1.165) is 12.8 Å². The lowest BCUT2D eigenvalue weighted by Gasteiger charge is -2.09. The number of nitrogen functional groups attached to an aromatic ring is 1. The summed E-state index contributed by atoms with van der Waals surface area (Å²) in [6, 6.07) is 1.63. The first-order valence-electron chi connectivity index (χ1n) is 5.83. The summed E-state index contributed by atoms with van der Waals surface area (Å²) in [5, 5.41) is 0. The standard InChI is InChI=1S/C12H20N2O3/c1-3-4-9(2)6-16-8-11-5-10(7-17-11)12(15)14-13/h5,7,9H,3-4,6,8,13H2,1-2H3,(H,14,15). The summed E-state index contributed by atoms with van der Waals surface area (Å²) in [4.78, 5) is 11.2. The Morgan fingerprint density at radius 2 is 2.41 bits per heavy atom. The van der Waals surface area contributed by atoms with Crippen LogP contribution < -0.4 is 11.3 Å². The molecule has 0 aliphatic rings. The van der Waals surface area contributed by atoms with Gasteiger partial charge in [0.1, 0.15) is 18.6 Å². The van der Waals surface area contributed by atoms with Gasteiger partial charge in [-0.3, -0.25) is 10.2 Å². The Balaban J connectivity index is 2.32. The van der Waals surface area contributed by atoms with E-state index in [9.17, 15) is 4.79 Å². The molecule has 1 amide bonds. The molecule has 0 saturated heterocycles. The molecule has 0 aromatic carbocycles. The maximum Gasteiger partial charge on any atom is 0.268 e. The number of hydrogen-bond acceptors (Lipinski definition) is 4. The highest BCUT2D eigenvalue weighted by molar-refractivity contribution is 5.93. The molecule has 1 unspecified atom stereocenters. The van der Waals surface area contributed by atoms with E-state index in [1.807, 2.05) is 5.43 Å². The number of ether oxygens (including phenoxy) is 1. The number of rotatable bonds is 7. The second kappa shape index (κ2) is 7.09. The van der Waals surface area contributed by atoms with Gasteiger partial charge in [-0.2, -0.15) is 0 Å². The van der Waals surface area contributed by atoms with E-state index in [1.54, 1.807) is 6.07 Å². The van der Waals surface area contributed by atoms with Crippen LogP contribution >= 0.6 is 0 Å². The van der Waals surface area contributed by atoms with Gasteiger partial charge in [-0.05, 0) is 18.4 Å². The normalized spacial score (nSPS) is 12.4. The van der Waals surface area contributed by atoms with Crippen molar-refractivity contribution >= 4 is 5.91 Å². The molecule has 0 saturated carbocycles. The van der Waals surface area contributed by atoms with Crippen molar-refractivity contribution < 1.29 is 13.9 Å². The fourth-order valence-corrected chi connectivity index (χ4v) is 1.60. The van der Waals surface area contributed by atoms with Crippen LogP contribution in [0.25, 0.3) is 0 Å². The molecule has 1 aromatic heterocycles. The topological polar surface area (TPSA) is 77.5 Å². The average molecular weight is 240 g/mol. The molecule has 0 radical (unpaired) electrons. The number of hydrogen-bond donors (Lipinski definition) is 2. The van der Waals surface area contributed by atoms with Crippen LogP contribution in [0.1, 0.15) is 42.8 Å². The molecular weight excluding hydrogens is 220 g/mol. The largest absolute Gasteiger partial charge is 0.466 e. The third kappa shape index (κ3) is 4.58. The number of carbonyl (C=O) groups is 1. The van der Waals surface area contributed by atoms with Crippen molar-refractivity contribution in [2.45, 2.75) is 33.3 Å². The Hall–Kier alpha value is -1.33. The summed E-state index contributed by atoms with van der Waals surface area (Å²) in [5.74, 6) is 5.83. The van der Waals surface area contributed by atoms with Crippen molar-refractivity contribution in [2.75, 3.05) is 6.61 Å². The van der Waals surface area contributed by atoms with Crippen LogP contribution in [0, 0.1) is 5.92 Å². The van der Waals surface area contributed by atoms with Gasteiger partial charge in [0.15, 0.2) is 0 Å². The summed E-state index contributed by atoms with van der Waals surface area (Å²) in [6.07, 6.45) is 3.68. The number of furan rings is 1. The van der Waals surface area contributed by atoms with Crippen LogP contribution in [0.5, 0.6) is 0 Å². The molecule has 5 nitrogen and oxygen atoms in total. The molecule has 0 fully saturated rings. The zero-order valence-corrected chi connectivity index (χ0v) is 10.4. The Bertz CT molecular complexity index is 349. The molecule has 0 bridgehead atoms. The van der Waals surface area contributed by atoms with Crippen molar-refractivity contribution in [3.63, 3.8) is 0 Å². The Kier molecular flexibility index (Phi) is 5.72. The second-order valence-corrected chi connectivity index (χ2v) is 4.18. The van der Waals surface area contributed by atoms with Crippen molar-refractivity contribution in [1.82, 2.24) is 5.43 Å². The van der Waals surface area contributed by atoms with Crippen LogP contribution in [0.2, 0.25) is 0 Å². The zero-order chi connectivity index (χ0) is 12.7. The monoisotopic (exact) mass is 240 g/mol. The predicted octanol–water partition coefficient (Wildman–Crippen LogP) is 1.84. The van der Waals surface area contributed by atoms with E-state index in [2.05, 4.69) is 13.8 Å². The van der Waals surface area contributed by atoms with E-state index < -0.39 is 0 Å². The predicted molar refractivity (Wildman–Crippen MR) is 64.1 cm³/mol. The van der Waals surface area contributed by atoms with Gasteiger partial charge < -0.3 is 9.15 Å². The van der Waals surface area contributed by atoms with Crippen LogP contribution in [-0.2, 0) is 11.3 Å². The fraction of sp³-hybridized carbons (Fsp3) is 0.583. The molecular formula is C12H20N2O3. The van der Waals surface area contributed by atoms with Gasteiger partial charge in [-0.15, -0.1) is 0 Å². The lowest BCUT2D eigenvalue weighted by atomic mass is 10.1. The first kappa shape index (κ1) is 13.7. The molecule has 1 atom stereocenters. The Labute approximate surface area is 101 Å². The van der Waals surface area contributed by atoms with Gasteiger partial charge in [0.2, 0.25) is 0 Å². The minimum absolute atomic E-state index is 0.362. The van der Waals surface area contributed by atoms with Crippen molar-refractivity contribution in [2.24, 2.45) is 11.8 Å². The number of carbonyl (C=O) groups excluding carboxylic acids is 1. The van der Waals surface area contributed by atoms with E-state index >= 15 is 0 Å². The van der Waals surface area contributed by atoms with Gasteiger partial charge in [0, 0.05) is 6.61 Å². The van der Waals surface area contributed by atoms with Gasteiger partial charge >= 0.3 is 0 Å². The molecule has 0 spiro atoms. The fourth-order valence-electron chi connectivity index (χ4n) is 1.60. The highest BCUT2D eigenvalue weighted by Crippen LogP contribution is 2.11. The first-order valence-corrected chi connectivity index (χ1v) is 5.83. The third-order valence-electron chi connectivity index (χ3n) is 2.48. The van der Waals surface area contributed by atoms with Gasteiger partial charge in [-0.1, -0.05) is 20.3 Å². The van der Waals surface area contributed by atoms with E-state index in [1.165, 1.54) is 6.26 Å². The smallest absolute Gasteiger partial charge is 0.268 e. The lowest BCUT2D eigenvalue weighted by molar-refractivity contribution is 0.0776. The first-order chi connectivity index (χ1) is 8.17. The number of nitrogens with two attached hydrogens (primary N) is 1. The van der Waals surface area contributed by atoms with Gasteiger partial charge in [-0.25, -0.2) is 5.84 Å². The molecule has 96 valence electrons. The molecule has 1 rings (SSSR count). The summed E-state index contributed by atoms with van der Waals surface area (Å²) in [7, 11) is 0. The molecule has 1 heterocycles. The lowest BCUT2D eigenvalue weighted by Crippen LogP contribution is -2.29. The highest BCUT2D eigenvalue weighted by Gasteiger charge is 2.09. The molecule has 5 heteroatoms. The van der Waals surface area contributed by atoms with Gasteiger partial charge in [0.05, 0.1) is 5.56 Å². The third-order valence-corrected chi connectivity index (χ3v) is 2.48. The summed E-state index contributed by atoms with van der Waals surface area (Å²) < 4.78 is 10.7. The van der Waals surface area contributed by atoms with Crippen molar-refractivity contribution in [1.29, 1.82) is 0 Å². The molecule has 0 aliphatic heterocycles. The quantitative estimate of drug-likeness (QED) is 0.433. The minimum atomic E-state index is -0.362. The maximum atomic E-state index is 11.2. The molecule has 0 aliphatic carbocycles. The average Bonchev–Trinajstić information content (AvgIpc) is 2.77. The number of nitrogens with one attached hydrogen (secondary N) is 1. The zero-order valence-electron chi connectivity index (χ0n) is 10.4. The number of amides is 1. The van der Waals surface area contributed by atoms with E-state index in [-0.39, 0.29) is 5.91 Å². The SMILES string of the molecule is CCCC(C)COCc1cc(C(=O)NN)co1. The summed E-state index contributed by atoms with van der Waals surface area (Å²) in [5.41, 5.74) is 2.46. The number of hydrazine groups is 1. The summed E-state index contributed by atoms with van der Waals surface area (Å²) >= 11 is 0. The van der Waals surface area contributed by atoms with Crippen LogP contribution in [0.3, 0.4) is 0 Å². The Morgan fingerprint density at radius 1 is 1.65 bits per heavy atom. The summed E-state index contributed by atoms with van der Waals surface area (Å²) in [6.45, 7) is 5.39. The molecule has 17 heavy (non-hydrogen) atoms. The van der Waals surface area contributed by atoms with Crippen LogP contribution in [-0.4, -0.2) is 12.5 Å². The second-order valence-electron chi connectivity index (χ2n) is 4.18. The minimum Gasteiger partial charge on any atom is -0.466 e. The van der Waals surface area contributed by atoms with Crippen molar-refractivity contribution in [3.8, 4) is 0 Å². The van der Waals surface area contributed by atoms with Crippen molar-refractivity contribution in [3.05, 3.63) is 23.7 Å². The molecule has 1 aromatic rings. The van der Waals surface area contributed by atoms with Crippen LogP contribution in [0.4, 0.5) is 0 Å². The maximum absolute atomic E-state index is 11.2. The van der Waals surface area contributed by atoms with Crippen LogP contribution in [0.15, 0.2) is 16.7 Å². The van der Waals surface area contributed by atoms with Gasteiger partial charge in [0.25, 0.3) is 5.91 Å². The van der Waals surface area contributed by atoms with E-state index in [0.29, 0.717) is 30.5 Å². The molecule has 3 N–H and O–H groups in total.